The van der Waals surface area contributed by atoms with Gasteiger partial charge in [-0.25, -0.2) is 8.78 Å². The Morgan fingerprint density at radius 3 is 2.11 bits per heavy atom. The highest BCUT2D eigenvalue weighted by Crippen LogP contribution is 2.22. The summed E-state index contributed by atoms with van der Waals surface area (Å²) in [4.78, 5) is 12.2. The van der Waals surface area contributed by atoms with Gasteiger partial charge in [0.1, 0.15) is 11.6 Å². The molecule has 1 nitrogen and oxygen atoms in total. The largest absolute Gasteiger partial charge is 0.289 e. The number of carbonyl (C=O) groups excluding carboxylic acids is 1. The van der Waals surface area contributed by atoms with E-state index in [0.29, 0.717) is 11.1 Å². The summed E-state index contributed by atoms with van der Waals surface area (Å²) in [6, 6.07) is 7.43. The van der Waals surface area contributed by atoms with Crippen molar-refractivity contribution in [3.8, 4) is 0 Å². The number of carbonyl (C=O) groups is 1. The van der Waals surface area contributed by atoms with Crippen LogP contribution in [-0.4, -0.2) is 5.78 Å². The van der Waals surface area contributed by atoms with E-state index >= 15 is 0 Å². The lowest BCUT2D eigenvalue weighted by molar-refractivity contribution is 0.103. The van der Waals surface area contributed by atoms with Crippen LogP contribution < -0.4 is 0 Å². The van der Waals surface area contributed by atoms with Gasteiger partial charge in [0.15, 0.2) is 5.78 Å². The fraction of sp³-hybridized carbons (Fsp3) is 0.0714. The molecule has 2 aromatic rings. The van der Waals surface area contributed by atoms with Crippen molar-refractivity contribution in [1.82, 2.24) is 0 Å². The SMILES string of the molecule is Cc1cc(F)ccc1C(=O)c1ccc(F)cc1Cl. The lowest BCUT2D eigenvalue weighted by Gasteiger charge is -2.06. The number of ketones is 1. The van der Waals surface area contributed by atoms with E-state index in [1.165, 1.54) is 24.3 Å². The molecule has 0 amide bonds. The van der Waals surface area contributed by atoms with E-state index in [-0.39, 0.29) is 16.4 Å². The summed E-state index contributed by atoms with van der Waals surface area (Å²) in [5.74, 6) is -1.26. The molecule has 0 N–H and O–H groups in total. The first-order valence-electron chi connectivity index (χ1n) is 5.25. The third-order valence-corrected chi connectivity index (χ3v) is 2.92. The molecule has 0 spiro atoms. The quantitative estimate of drug-likeness (QED) is 0.746. The van der Waals surface area contributed by atoms with Gasteiger partial charge in [-0.3, -0.25) is 4.79 Å². The topological polar surface area (TPSA) is 17.1 Å². The molecule has 2 rings (SSSR count). The molecule has 0 saturated carbocycles. The molecule has 0 radical (unpaired) electrons. The van der Waals surface area contributed by atoms with Crippen molar-refractivity contribution in [2.75, 3.05) is 0 Å². The van der Waals surface area contributed by atoms with Gasteiger partial charge in [0.05, 0.1) is 5.02 Å². The molecule has 0 saturated heterocycles. The Kier molecular flexibility index (Phi) is 3.43. The van der Waals surface area contributed by atoms with Crippen molar-refractivity contribution in [2.45, 2.75) is 6.92 Å². The van der Waals surface area contributed by atoms with Gasteiger partial charge in [0, 0.05) is 11.1 Å². The van der Waals surface area contributed by atoms with Gasteiger partial charge in [-0.05, 0) is 48.9 Å². The van der Waals surface area contributed by atoms with Crippen molar-refractivity contribution in [3.63, 3.8) is 0 Å². The Morgan fingerprint density at radius 2 is 1.56 bits per heavy atom. The first-order valence-corrected chi connectivity index (χ1v) is 5.63. The number of halogens is 3. The van der Waals surface area contributed by atoms with Crippen LogP contribution in [0.4, 0.5) is 8.78 Å². The van der Waals surface area contributed by atoms with Crippen LogP contribution in [0, 0.1) is 18.6 Å². The van der Waals surface area contributed by atoms with Gasteiger partial charge < -0.3 is 0 Å². The zero-order valence-corrected chi connectivity index (χ0v) is 10.3. The Morgan fingerprint density at radius 1 is 1.00 bits per heavy atom. The summed E-state index contributed by atoms with van der Waals surface area (Å²) in [6.07, 6.45) is 0. The summed E-state index contributed by atoms with van der Waals surface area (Å²) in [5, 5.41) is 0.0451. The Hall–Kier alpha value is -1.74. The average Bonchev–Trinajstić information content (AvgIpc) is 2.28. The molecule has 18 heavy (non-hydrogen) atoms. The second kappa shape index (κ2) is 4.86. The fourth-order valence-electron chi connectivity index (χ4n) is 1.70. The molecule has 0 bridgehead atoms. The van der Waals surface area contributed by atoms with Crippen LogP contribution in [0.2, 0.25) is 5.02 Å². The van der Waals surface area contributed by atoms with E-state index in [0.717, 1.165) is 12.1 Å². The van der Waals surface area contributed by atoms with Crippen molar-refractivity contribution in [1.29, 1.82) is 0 Å². The van der Waals surface area contributed by atoms with Crippen LogP contribution in [0.15, 0.2) is 36.4 Å². The van der Waals surface area contributed by atoms with Gasteiger partial charge in [-0.2, -0.15) is 0 Å². The summed E-state index contributed by atoms with van der Waals surface area (Å²) in [6.45, 7) is 1.63. The number of rotatable bonds is 2. The molecule has 0 heterocycles. The molecule has 0 unspecified atom stereocenters. The summed E-state index contributed by atoms with van der Waals surface area (Å²) in [7, 11) is 0. The smallest absolute Gasteiger partial charge is 0.194 e. The first-order chi connectivity index (χ1) is 8.49. The highest BCUT2D eigenvalue weighted by atomic mass is 35.5. The zero-order chi connectivity index (χ0) is 13.3. The zero-order valence-electron chi connectivity index (χ0n) is 9.51. The van der Waals surface area contributed by atoms with Gasteiger partial charge >= 0.3 is 0 Å². The molecule has 2 aromatic carbocycles. The van der Waals surface area contributed by atoms with E-state index in [1.54, 1.807) is 6.92 Å². The van der Waals surface area contributed by atoms with Crippen molar-refractivity contribution in [3.05, 3.63) is 69.7 Å². The summed E-state index contributed by atoms with van der Waals surface area (Å²) < 4.78 is 25.9. The first kappa shape index (κ1) is 12.7. The van der Waals surface area contributed by atoms with Crippen LogP contribution in [-0.2, 0) is 0 Å². The third-order valence-electron chi connectivity index (χ3n) is 2.61. The molecule has 0 aliphatic carbocycles. The maximum absolute atomic E-state index is 13.0. The summed E-state index contributed by atoms with van der Waals surface area (Å²) in [5.41, 5.74) is 1.07. The monoisotopic (exact) mass is 266 g/mol. The van der Waals surface area contributed by atoms with Crippen LogP contribution in [0.1, 0.15) is 21.5 Å². The second-order valence-corrected chi connectivity index (χ2v) is 4.32. The number of hydrogen-bond donors (Lipinski definition) is 0. The maximum Gasteiger partial charge on any atom is 0.194 e. The Labute approximate surface area is 108 Å². The third kappa shape index (κ3) is 2.41. The molecule has 0 atom stereocenters. The lowest BCUT2D eigenvalue weighted by Crippen LogP contribution is -2.05. The average molecular weight is 267 g/mol. The molecular formula is C14H9ClF2O. The highest BCUT2D eigenvalue weighted by Gasteiger charge is 2.15. The molecule has 0 aliphatic heterocycles. The summed E-state index contributed by atoms with van der Waals surface area (Å²) >= 11 is 5.82. The van der Waals surface area contributed by atoms with Gasteiger partial charge in [0.25, 0.3) is 0 Å². The maximum atomic E-state index is 13.0. The lowest BCUT2D eigenvalue weighted by atomic mass is 9.99. The second-order valence-electron chi connectivity index (χ2n) is 3.91. The Balaban J connectivity index is 2.48. The van der Waals surface area contributed by atoms with Gasteiger partial charge in [-0.15, -0.1) is 0 Å². The van der Waals surface area contributed by atoms with Gasteiger partial charge in [-0.1, -0.05) is 11.6 Å². The van der Waals surface area contributed by atoms with Gasteiger partial charge in [0.2, 0.25) is 0 Å². The van der Waals surface area contributed by atoms with E-state index in [1.807, 2.05) is 0 Å². The van der Waals surface area contributed by atoms with E-state index in [2.05, 4.69) is 0 Å². The predicted octanol–water partition coefficient (Wildman–Crippen LogP) is 4.16. The number of benzene rings is 2. The minimum Gasteiger partial charge on any atom is -0.289 e. The van der Waals surface area contributed by atoms with Crippen LogP contribution in [0.3, 0.4) is 0 Å². The molecule has 92 valence electrons. The molecule has 4 heteroatoms. The van der Waals surface area contributed by atoms with Crippen molar-refractivity contribution in [2.24, 2.45) is 0 Å². The minimum atomic E-state index is -0.507. The van der Waals surface area contributed by atoms with Crippen molar-refractivity contribution >= 4 is 17.4 Å². The molecule has 0 fully saturated rings. The minimum absolute atomic E-state index is 0.0451. The number of aryl methyl sites for hydroxylation is 1. The van der Waals surface area contributed by atoms with Crippen LogP contribution in [0.25, 0.3) is 0 Å². The van der Waals surface area contributed by atoms with E-state index in [4.69, 9.17) is 11.6 Å². The standard InChI is InChI=1S/C14H9ClF2O/c1-8-6-9(16)2-4-11(8)14(18)12-5-3-10(17)7-13(12)15/h2-7H,1H3. The number of hydrogen-bond acceptors (Lipinski definition) is 1. The molecule has 0 aromatic heterocycles. The Bertz CT molecular complexity index is 570. The fourth-order valence-corrected chi connectivity index (χ4v) is 1.95. The van der Waals surface area contributed by atoms with Crippen LogP contribution in [0.5, 0.6) is 0 Å². The van der Waals surface area contributed by atoms with E-state index in [9.17, 15) is 13.6 Å². The van der Waals surface area contributed by atoms with Crippen molar-refractivity contribution < 1.29 is 13.6 Å². The molecular weight excluding hydrogens is 258 g/mol. The molecule has 0 aliphatic rings. The predicted molar refractivity (Wildman–Crippen MR) is 66.0 cm³/mol. The highest BCUT2D eigenvalue weighted by molar-refractivity contribution is 6.35. The van der Waals surface area contributed by atoms with Crippen LogP contribution >= 0.6 is 11.6 Å². The van der Waals surface area contributed by atoms with E-state index < -0.39 is 11.6 Å². The normalized spacial score (nSPS) is 10.4.